The topological polar surface area (TPSA) is 111 Å². The minimum absolute atomic E-state index is 0.00587. The lowest BCUT2D eigenvalue weighted by molar-refractivity contribution is -0.385. The van der Waals surface area contributed by atoms with Crippen LogP contribution in [0.4, 0.5) is 22.7 Å². The number of rotatable bonds is 6. The molecule has 0 heterocycles. The molecule has 8 heteroatoms. The second kappa shape index (κ2) is 7.46. The monoisotopic (exact) mass is 312 g/mol. The van der Waals surface area contributed by atoms with Crippen LogP contribution < -0.4 is 5.32 Å². The van der Waals surface area contributed by atoms with Gasteiger partial charge in [-0.1, -0.05) is 12.1 Å². The van der Waals surface area contributed by atoms with Crippen molar-refractivity contribution in [1.82, 2.24) is 0 Å². The fourth-order valence-corrected chi connectivity index (χ4v) is 1.71. The minimum atomic E-state index is -0.487. The molecule has 0 aliphatic carbocycles. The van der Waals surface area contributed by atoms with Crippen LogP contribution in [0.5, 0.6) is 0 Å². The Morgan fingerprint density at radius 1 is 0.957 bits per heavy atom. The van der Waals surface area contributed by atoms with Crippen molar-refractivity contribution in [2.75, 3.05) is 5.32 Å². The summed E-state index contributed by atoms with van der Waals surface area (Å²) in [5.74, 6) is 0. The fraction of sp³-hybridized carbons (Fsp3) is 0. The summed E-state index contributed by atoms with van der Waals surface area (Å²) in [6.45, 7) is 0. The molecule has 0 unspecified atom stereocenters. The standard InChI is InChI=1S/C15H12N4O4/c20-18(21)14-6-1-4-12(10-14)16-8-3-9-17-13-5-2-7-15(11-13)19(22)23/h1-11,16H/b8-3+,17-9?. The van der Waals surface area contributed by atoms with Gasteiger partial charge in [0.05, 0.1) is 15.5 Å². The molecule has 0 radical (unpaired) electrons. The summed E-state index contributed by atoms with van der Waals surface area (Å²) in [5, 5.41) is 24.2. The van der Waals surface area contributed by atoms with Crippen LogP contribution >= 0.6 is 0 Å². The highest BCUT2D eigenvalue weighted by Gasteiger charge is 2.04. The average Bonchev–Trinajstić information content (AvgIpc) is 2.55. The van der Waals surface area contributed by atoms with Crippen LogP contribution in [0.3, 0.4) is 0 Å². The molecule has 0 aromatic heterocycles. The van der Waals surface area contributed by atoms with E-state index in [0.29, 0.717) is 11.4 Å². The van der Waals surface area contributed by atoms with Gasteiger partial charge in [-0.3, -0.25) is 25.2 Å². The van der Waals surface area contributed by atoms with Crippen LogP contribution in [-0.2, 0) is 0 Å². The van der Waals surface area contributed by atoms with Gasteiger partial charge in [-0.05, 0) is 18.2 Å². The van der Waals surface area contributed by atoms with E-state index >= 15 is 0 Å². The first kappa shape index (κ1) is 15.8. The molecular weight excluding hydrogens is 300 g/mol. The summed E-state index contributed by atoms with van der Waals surface area (Å²) in [7, 11) is 0. The van der Waals surface area contributed by atoms with E-state index in [1.165, 1.54) is 30.5 Å². The lowest BCUT2D eigenvalue weighted by Crippen LogP contribution is -1.91. The summed E-state index contributed by atoms with van der Waals surface area (Å²) < 4.78 is 0. The Bertz CT molecular complexity index is 787. The number of hydrogen-bond donors (Lipinski definition) is 1. The first-order valence-electron chi connectivity index (χ1n) is 6.51. The molecule has 8 nitrogen and oxygen atoms in total. The van der Waals surface area contributed by atoms with Gasteiger partial charge in [0.15, 0.2) is 0 Å². The number of benzene rings is 2. The van der Waals surface area contributed by atoms with E-state index in [-0.39, 0.29) is 11.4 Å². The molecule has 0 fully saturated rings. The Balaban J connectivity index is 1.96. The SMILES string of the molecule is O=[N+]([O-])c1cccc(N=C/C=C/Nc2cccc([N+](=O)[O-])c2)c1. The maximum Gasteiger partial charge on any atom is 0.271 e. The number of nitro groups is 2. The van der Waals surface area contributed by atoms with E-state index in [1.54, 1.807) is 36.5 Å². The number of hydrogen-bond acceptors (Lipinski definition) is 6. The van der Waals surface area contributed by atoms with Gasteiger partial charge < -0.3 is 5.32 Å². The van der Waals surface area contributed by atoms with Crippen molar-refractivity contribution in [2.45, 2.75) is 0 Å². The Morgan fingerprint density at radius 3 is 2.30 bits per heavy atom. The highest BCUT2D eigenvalue weighted by Crippen LogP contribution is 2.19. The van der Waals surface area contributed by atoms with Gasteiger partial charge >= 0.3 is 0 Å². The highest BCUT2D eigenvalue weighted by molar-refractivity contribution is 5.75. The number of nitro benzene ring substituents is 2. The van der Waals surface area contributed by atoms with Crippen molar-refractivity contribution in [3.05, 3.63) is 81.0 Å². The van der Waals surface area contributed by atoms with E-state index in [0.717, 1.165) is 0 Å². The molecule has 0 amide bonds. The van der Waals surface area contributed by atoms with Crippen molar-refractivity contribution >= 4 is 29.0 Å². The zero-order chi connectivity index (χ0) is 16.7. The number of aliphatic imine (C=N–C) groups is 1. The van der Waals surface area contributed by atoms with E-state index < -0.39 is 9.85 Å². The van der Waals surface area contributed by atoms with Gasteiger partial charge in [0.25, 0.3) is 11.4 Å². The van der Waals surface area contributed by atoms with Crippen molar-refractivity contribution in [2.24, 2.45) is 4.99 Å². The zero-order valence-electron chi connectivity index (χ0n) is 11.8. The largest absolute Gasteiger partial charge is 0.361 e. The third kappa shape index (κ3) is 4.74. The lowest BCUT2D eigenvalue weighted by Gasteiger charge is -1.99. The molecule has 0 bridgehead atoms. The van der Waals surface area contributed by atoms with Gasteiger partial charge in [0.1, 0.15) is 0 Å². The highest BCUT2D eigenvalue weighted by atomic mass is 16.6. The molecule has 116 valence electrons. The Hall–Kier alpha value is -3.55. The number of nitrogens with one attached hydrogen (secondary N) is 1. The molecule has 0 aliphatic rings. The van der Waals surface area contributed by atoms with Gasteiger partial charge in [0.2, 0.25) is 0 Å². The first-order chi connectivity index (χ1) is 11.1. The normalized spacial score (nSPS) is 11.0. The Morgan fingerprint density at radius 2 is 1.61 bits per heavy atom. The fourth-order valence-electron chi connectivity index (χ4n) is 1.71. The predicted octanol–water partition coefficient (Wildman–Crippen LogP) is 3.83. The van der Waals surface area contributed by atoms with Crippen LogP contribution in [-0.4, -0.2) is 16.1 Å². The minimum Gasteiger partial charge on any atom is -0.361 e. The molecule has 0 aliphatic heterocycles. The van der Waals surface area contributed by atoms with Crippen molar-refractivity contribution < 1.29 is 9.85 Å². The van der Waals surface area contributed by atoms with E-state index in [2.05, 4.69) is 10.3 Å². The van der Waals surface area contributed by atoms with Gasteiger partial charge in [-0.15, -0.1) is 0 Å². The van der Waals surface area contributed by atoms with Crippen molar-refractivity contribution in [1.29, 1.82) is 0 Å². The number of allylic oxidation sites excluding steroid dienone is 1. The number of nitrogens with zero attached hydrogens (tertiary/aromatic N) is 3. The predicted molar refractivity (Wildman–Crippen MR) is 87.1 cm³/mol. The average molecular weight is 312 g/mol. The Kier molecular flexibility index (Phi) is 5.13. The summed E-state index contributed by atoms with van der Waals surface area (Å²) in [5.41, 5.74) is 0.991. The van der Waals surface area contributed by atoms with Crippen molar-refractivity contribution in [3.63, 3.8) is 0 Å². The molecule has 0 saturated heterocycles. The molecule has 0 atom stereocenters. The van der Waals surface area contributed by atoms with Gasteiger partial charge in [-0.2, -0.15) is 0 Å². The van der Waals surface area contributed by atoms with Crippen LogP contribution in [0.15, 0.2) is 65.8 Å². The van der Waals surface area contributed by atoms with Crippen molar-refractivity contribution in [3.8, 4) is 0 Å². The smallest absolute Gasteiger partial charge is 0.271 e. The van der Waals surface area contributed by atoms with Crippen LogP contribution in [0.1, 0.15) is 0 Å². The first-order valence-corrected chi connectivity index (χ1v) is 6.51. The Labute approximate surface area is 131 Å². The van der Waals surface area contributed by atoms with Gasteiger partial charge in [0, 0.05) is 42.4 Å². The molecular formula is C15H12N4O4. The quantitative estimate of drug-likeness (QED) is 0.495. The molecule has 23 heavy (non-hydrogen) atoms. The maximum atomic E-state index is 10.7. The van der Waals surface area contributed by atoms with E-state index in [1.807, 2.05) is 0 Å². The van der Waals surface area contributed by atoms with E-state index in [4.69, 9.17) is 0 Å². The second-order valence-electron chi connectivity index (χ2n) is 4.37. The summed E-state index contributed by atoms with van der Waals surface area (Å²) in [6.07, 6.45) is 4.60. The second-order valence-corrected chi connectivity index (χ2v) is 4.37. The van der Waals surface area contributed by atoms with Crippen LogP contribution in [0.25, 0.3) is 0 Å². The molecule has 2 rings (SSSR count). The van der Waals surface area contributed by atoms with Gasteiger partial charge in [-0.25, -0.2) is 0 Å². The summed E-state index contributed by atoms with van der Waals surface area (Å²) in [6, 6.07) is 12.0. The number of non-ortho nitro benzene ring substituents is 2. The third-order valence-corrected chi connectivity index (χ3v) is 2.75. The van der Waals surface area contributed by atoms with Crippen LogP contribution in [0, 0.1) is 20.2 Å². The molecule has 1 N–H and O–H groups in total. The molecule has 0 spiro atoms. The van der Waals surface area contributed by atoms with Crippen LogP contribution in [0.2, 0.25) is 0 Å². The third-order valence-electron chi connectivity index (χ3n) is 2.75. The van der Waals surface area contributed by atoms with E-state index in [9.17, 15) is 20.2 Å². The molecule has 2 aromatic carbocycles. The molecule has 0 saturated carbocycles. The summed E-state index contributed by atoms with van der Waals surface area (Å²) in [4.78, 5) is 24.4. The lowest BCUT2D eigenvalue weighted by atomic mass is 10.3. The number of anilines is 1. The summed E-state index contributed by atoms with van der Waals surface area (Å²) >= 11 is 0. The molecule has 2 aromatic rings. The zero-order valence-corrected chi connectivity index (χ0v) is 11.8. The maximum absolute atomic E-state index is 10.7.